The molecule has 0 saturated heterocycles. The predicted molar refractivity (Wildman–Crippen MR) is 72.2 cm³/mol. The van der Waals surface area contributed by atoms with Gasteiger partial charge in [-0.3, -0.25) is 0 Å². The van der Waals surface area contributed by atoms with E-state index in [0.29, 0.717) is 18.8 Å². The summed E-state index contributed by atoms with van der Waals surface area (Å²) < 4.78 is 16.2. The maximum absolute atomic E-state index is 8.73. The maximum Gasteiger partial charge on any atom is 0.231 e. The lowest BCUT2D eigenvalue weighted by Gasteiger charge is -2.05. The van der Waals surface area contributed by atoms with Gasteiger partial charge in [-0.2, -0.15) is 5.26 Å². The smallest absolute Gasteiger partial charge is 0.231 e. The van der Waals surface area contributed by atoms with Gasteiger partial charge in [0.2, 0.25) is 6.79 Å². The largest absolute Gasteiger partial charge is 0.454 e. The summed E-state index contributed by atoms with van der Waals surface area (Å²) in [5.74, 6) is 1.55. The molecular weight excluding hydrogens is 254 g/mol. The van der Waals surface area contributed by atoms with Crippen molar-refractivity contribution in [3.63, 3.8) is 0 Å². The molecule has 0 N–H and O–H groups in total. The molecule has 0 bridgehead atoms. The van der Waals surface area contributed by atoms with Crippen molar-refractivity contribution in [3.05, 3.63) is 59.2 Å². The zero-order valence-electron chi connectivity index (χ0n) is 10.8. The fourth-order valence-electron chi connectivity index (χ4n) is 1.99. The van der Waals surface area contributed by atoms with Crippen LogP contribution in [0, 0.1) is 11.3 Å². The zero-order valence-corrected chi connectivity index (χ0v) is 10.8. The van der Waals surface area contributed by atoms with Crippen LogP contribution in [0.2, 0.25) is 0 Å². The van der Waals surface area contributed by atoms with E-state index >= 15 is 0 Å². The van der Waals surface area contributed by atoms with Gasteiger partial charge in [-0.05, 0) is 35.4 Å². The van der Waals surface area contributed by atoms with E-state index in [1.54, 1.807) is 12.1 Å². The monoisotopic (exact) mass is 267 g/mol. The summed E-state index contributed by atoms with van der Waals surface area (Å²) in [4.78, 5) is 0. The van der Waals surface area contributed by atoms with E-state index in [-0.39, 0.29) is 6.79 Å². The van der Waals surface area contributed by atoms with Gasteiger partial charge in [-0.25, -0.2) is 0 Å². The molecule has 0 fully saturated rings. The van der Waals surface area contributed by atoms with Crippen molar-refractivity contribution >= 4 is 0 Å². The third kappa shape index (κ3) is 2.73. The number of nitriles is 1. The molecule has 100 valence electrons. The number of fused-ring (bicyclic) bond motifs is 1. The number of benzene rings is 2. The Kier molecular flexibility index (Phi) is 3.53. The molecule has 0 saturated carbocycles. The third-order valence-electron chi connectivity index (χ3n) is 3.06. The van der Waals surface area contributed by atoms with Crippen LogP contribution in [0.4, 0.5) is 0 Å². The molecule has 0 radical (unpaired) electrons. The van der Waals surface area contributed by atoms with Crippen LogP contribution in [0.25, 0.3) is 0 Å². The molecule has 0 atom stereocenters. The van der Waals surface area contributed by atoms with Crippen molar-refractivity contribution in [2.75, 3.05) is 6.79 Å². The molecular formula is C16H13NO3. The summed E-state index contributed by atoms with van der Waals surface area (Å²) >= 11 is 0. The maximum atomic E-state index is 8.73. The minimum absolute atomic E-state index is 0.283. The second kappa shape index (κ2) is 5.64. The second-order valence-corrected chi connectivity index (χ2v) is 4.49. The zero-order chi connectivity index (χ0) is 13.8. The first kappa shape index (κ1) is 12.5. The molecule has 1 aliphatic heterocycles. The van der Waals surface area contributed by atoms with Crippen molar-refractivity contribution in [2.24, 2.45) is 0 Å². The highest BCUT2D eigenvalue weighted by Crippen LogP contribution is 2.32. The van der Waals surface area contributed by atoms with Crippen LogP contribution in [0.3, 0.4) is 0 Å². The van der Waals surface area contributed by atoms with Gasteiger partial charge in [0.1, 0.15) is 0 Å². The van der Waals surface area contributed by atoms with E-state index in [9.17, 15) is 0 Å². The molecule has 0 spiro atoms. The van der Waals surface area contributed by atoms with Gasteiger partial charge in [-0.15, -0.1) is 0 Å². The van der Waals surface area contributed by atoms with Crippen LogP contribution < -0.4 is 9.47 Å². The average Bonchev–Trinajstić information content (AvgIpc) is 2.95. The van der Waals surface area contributed by atoms with E-state index in [4.69, 9.17) is 19.5 Å². The quantitative estimate of drug-likeness (QED) is 0.854. The van der Waals surface area contributed by atoms with Crippen LogP contribution in [0.15, 0.2) is 42.5 Å². The first-order valence-corrected chi connectivity index (χ1v) is 6.30. The number of nitrogens with zero attached hydrogens (tertiary/aromatic N) is 1. The molecule has 0 aromatic heterocycles. The molecule has 2 aromatic rings. The van der Waals surface area contributed by atoms with Crippen LogP contribution in [-0.2, 0) is 18.0 Å². The molecule has 4 nitrogen and oxygen atoms in total. The predicted octanol–water partition coefficient (Wildman–Crippen LogP) is 3.00. The molecule has 0 unspecified atom stereocenters. The van der Waals surface area contributed by atoms with Crippen LogP contribution >= 0.6 is 0 Å². The average molecular weight is 267 g/mol. The second-order valence-electron chi connectivity index (χ2n) is 4.49. The number of hydrogen-bond acceptors (Lipinski definition) is 4. The molecule has 4 heteroatoms. The molecule has 20 heavy (non-hydrogen) atoms. The number of ether oxygens (including phenoxy) is 3. The Morgan fingerprint density at radius 2 is 1.65 bits per heavy atom. The lowest BCUT2D eigenvalue weighted by molar-refractivity contribution is 0.107. The number of hydrogen-bond donors (Lipinski definition) is 0. The molecule has 2 aromatic carbocycles. The molecule has 0 aliphatic carbocycles. The van der Waals surface area contributed by atoms with E-state index in [1.165, 1.54) is 0 Å². The Morgan fingerprint density at radius 1 is 0.950 bits per heavy atom. The molecule has 1 heterocycles. The fraction of sp³-hybridized carbons (Fsp3) is 0.188. The summed E-state index contributed by atoms with van der Waals surface area (Å²) in [5, 5.41) is 8.73. The van der Waals surface area contributed by atoms with Crippen molar-refractivity contribution in [3.8, 4) is 17.6 Å². The minimum atomic E-state index is 0.283. The summed E-state index contributed by atoms with van der Waals surface area (Å²) in [5.41, 5.74) is 2.75. The van der Waals surface area contributed by atoms with E-state index in [2.05, 4.69) is 6.07 Å². The fourth-order valence-corrected chi connectivity index (χ4v) is 1.99. The van der Waals surface area contributed by atoms with Crippen molar-refractivity contribution in [1.82, 2.24) is 0 Å². The standard InChI is InChI=1S/C16H13NO3/c17-8-12-1-3-13(4-2-12)9-18-10-14-5-6-15-16(7-14)20-11-19-15/h1-7H,9-11H2. The Labute approximate surface area is 117 Å². The highest BCUT2D eigenvalue weighted by Gasteiger charge is 2.12. The van der Waals surface area contributed by atoms with E-state index in [0.717, 1.165) is 22.6 Å². The Hall–Kier alpha value is -2.51. The molecule has 3 rings (SSSR count). The topological polar surface area (TPSA) is 51.5 Å². The van der Waals surface area contributed by atoms with Gasteiger partial charge in [0, 0.05) is 0 Å². The van der Waals surface area contributed by atoms with Crippen molar-refractivity contribution in [2.45, 2.75) is 13.2 Å². The van der Waals surface area contributed by atoms with Crippen LogP contribution in [0.1, 0.15) is 16.7 Å². The van der Waals surface area contributed by atoms with E-state index in [1.807, 2.05) is 30.3 Å². The SMILES string of the molecule is N#Cc1ccc(COCc2ccc3c(c2)OCO3)cc1. The molecule has 0 amide bonds. The Balaban J connectivity index is 1.56. The Bertz CT molecular complexity index is 644. The highest BCUT2D eigenvalue weighted by atomic mass is 16.7. The summed E-state index contributed by atoms with van der Waals surface area (Å²) in [6, 6.07) is 15.3. The van der Waals surface area contributed by atoms with Gasteiger partial charge < -0.3 is 14.2 Å². The van der Waals surface area contributed by atoms with Gasteiger partial charge >= 0.3 is 0 Å². The summed E-state index contributed by atoms with van der Waals surface area (Å²) in [6.07, 6.45) is 0. The summed E-state index contributed by atoms with van der Waals surface area (Å²) in [6.45, 7) is 1.31. The first-order chi connectivity index (χ1) is 9.85. The van der Waals surface area contributed by atoms with Gasteiger partial charge in [0.05, 0.1) is 24.8 Å². The molecule has 1 aliphatic rings. The number of rotatable bonds is 4. The Morgan fingerprint density at radius 3 is 2.45 bits per heavy atom. The van der Waals surface area contributed by atoms with Gasteiger partial charge in [0.15, 0.2) is 11.5 Å². The van der Waals surface area contributed by atoms with Crippen molar-refractivity contribution in [1.29, 1.82) is 5.26 Å². The lowest BCUT2D eigenvalue weighted by atomic mass is 10.1. The van der Waals surface area contributed by atoms with E-state index < -0.39 is 0 Å². The minimum Gasteiger partial charge on any atom is -0.454 e. The summed E-state index contributed by atoms with van der Waals surface area (Å²) in [7, 11) is 0. The van der Waals surface area contributed by atoms with Gasteiger partial charge in [-0.1, -0.05) is 18.2 Å². The van der Waals surface area contributed by atoms with Crippen molar-refractivity contribution < 1.29 is 14.2 Å². The third-order valence-corrected chi connectivity index (χ3v) is 3.06. The van der Waals surface area contributed by atoms with Gasteiger partial charge in [0.25, 0.3) is 0 Å². The van der Waals surface area contributed by atoms with Crippen LogP contribution in [-0.4, -0.2) is 6.79 Å². The normalized spacial score (nSPS) is 12.2. The van der Waals surface area contributed by atoms with Crippen LogP contribution in [0.5, 0.6) is 11.5 Å². The highest BCUT2D eigenvalue weighted by molar-refractivity contribution is 5.44. The first-order valence-electron chi connectivity index (χ1n) is 6.30. The lowest BCUT2D eigenvalue weighted by Crippen LogP contribution is -1.94.